The highest BCUT2D eigenvalue weighted by molar-refractivity contribution is 5.92. The summed E-state index contributed by atoms with van der Waals surface area (Å²) in [6, 6.07) is 15.8. The molecule has 1 N–H and O–H groups in total. The third kappa shape index (κ3) is 5.41. The molecular formula is C24H29N3O3. The lowest BCUT2D eigenvalue weighted by molar-refractivity contribution is -0.117. The van der Waals surface area contributed by atoms with E-state index in [1.54, 1.807) is 14.0 Å². The molecule has 0 unspecified atom stereocenters. The number of aromatic nitrogens is 2. The number of para-hydroxylation sites is 4. The van der Waals surface area contributed by atoms with Gasteiger partial charge in [-0.2, -0.15) is 0 Å². The van der Waals surface area contributed by atoms with Crippen LogP contribution in [0.5, 0.6) is 11.5 Å². The fourth-order valence-corrected chi connectivity index (χ4v) is 3.30. The molecule has 3 rings (SSSR count). The van der Waals surface area contributed by atoms with Crippen LogP contribution < -0.4 is 14.8 Å². The van der Waals surface area contributed by atoms with Crippen molar-refractivity contribution in [2.45, 2.75) is 32.7 Å². The number of nitrogens with one attached hydrogen (secondary N) is 1. The number of fused-ring (bicyclic) bond motifs is 1. The molecule has 2 aromatic carbocycles. The smallest absolute Gasteiger partial charge is 0.246 e. The number of imidazole rings is 1. The molecule has 30 heavy (non-hydrogen) atoms. The Balaban J connectivity index is 1.57. The number of hydrogen-bond donors (Lipinski definition) is 1. The summed E-state index contributed by atoms with van der Waals surface area (Å²) in [4.78, 5) is 16.5. The number of aryl methyl sites for hydroxylation is 1. The zero-order valence-corrected chi connectivity index (χ0v) is 17.7. The molecule has 0 atom stereocenters. The van der Waals surface area contributed by atoms with Crippen LogP contribution >= 0.6 is 0 Å². The van der Waals surface area contributed by atoms with Crippen LogP contribution in [-0.2, 0) is 17.8 Å². The highest BCUT2D eigenvalue weighted by Gasteiger charge is 2.11. The Morgan fingerprint density at radius 1 is 1.10 bits per heavy atom. The standard InChI is InChI=1S/C24H29N3O3/c1-18(2)24(28)25-15-14-23-26-19-10-4-5-11-20(19)27(23)16-8-9-17-30-22-13-7-6-12-21(22)29-3/h4-7,10-13H,1,8-9,14-17H2,2-3H3,(H,25,28). The zero-order chi connectivity index (χ0) is 21.3. The van der Waals surface area contributed by atoms with Crippen molar-refractivity contribution in [2.24, 2.45) is 0 Å². The van der Waals surface area contributed by atoms with Crippen molar-refractivity contribution >= 4 is 16.9 Å². The molecule has 0 aliphatic heterocycles. The predicted octanol–water partition coefficient (Wildman–Crippen LogP) is 4.14. The quantitative estimate of drug-likeness (QED) is 0.383. The summed E-state index contributed by atoms with van der Waals surface area (Å²) in [6.07, 6.45) is 2.54. The summed E-state index contributed by atoms with van der Waals surface area (Å²) in [5.41, 5.74) is 2.60. The SMILES string of the molecule is C=C(C)C(=O)NCCc1nc2ccccc2n1CCCCOc1ccccc1OC. The maximum absolute atomic E-state index is 11.7. The van der Waals surface area contributed by atoms with Gasteiger partial charge in [0.2, 0.25) is 5.91 Å². The van der Waals surface area contributed by atoms with E-state index in [1.807, 2.05) is 42.5 Å². The van der Waals surface area contributed by atoms with Gasteiger partial charge in [-0.25, -0.2) is 4.98 Å². The van der Waals surface area contributed by atoms with E-state index in [1.165, 1.54) is 0 Å². The Bertz CT molecular complexity index is 1010. The topological polar surface area (TPSA) is 65.4 Å². The lowest BCUT2D eigenvalue weighted by atomic mass is 10.2. The van der Waals surface area contributed by atoms with Crippen molar-refractivity contribution in [1.82, 2.24) is 14.9 Å². The van der Waals surface area contributed by atoms with Crippen LogP contribution in [-0.4, -0.2) is 35.7 Å². The molecule has 0 spiro atoms. The van der Waals surface area contributed by atoms with Gasteiger partial charge in [0.1, 0.15) is 5.82 Å². The van der Waals surface area contributed by atoms with E-state index < -0.39 is 0 Å². The fraction of sp³-hybridized carbons (Fsp3) is 0.333. The molecule has 0 saturated heterocycles. The predicted molar refractivity (Wildman–Crippen MR) is 119 cm³/mol. The highest BCUT2D eigenvalue weighted by atomic mass is 16.5. The van der Waals surface area contributed by atoms with Gasteiger partial charge in [0.25, 0.3) is 0 Å². The minimum absolute atomic E-state index is 0.119. The first-order valence-electron chi connectivity index (χ1n) is 10.2. The van der Waals surface area contributed by atoms with Crippen LogP contribution in [0.3, 0.4) is 0 Å². The first-order valence-corrected chi connectivity index (χ1v) is 10.2. The maximum atomic E-state index is 11.7. The molecule has 6 nitrogen and oxygen atoms in total. The van der Waals surface area contributed by atoms with Crippen LogP contribution in [0.15, 0.2) is 60.7 Å². The summed E-state index contributed by atoms with van der Waals surface area (Å²) >= 11 is 0. The number of ether oxygens (including phenoxy) is 2. The Morgan fingerprint density at radius 2 is 1.83 bits per heavy atom. The van der Waals surface area contributed by atoms with E-state index in [9.17, 15) is 4.79 Å². The first-order chi connectivity index (χ1) is 14.6. The number of nitrogens with zero attached hydrogens (tertiary/aromatic N) is 2. The van der Waals surface area contributed by atoms with Gasteiger partial charge in [0, 0.05) is 25.1 Å². The maximum Gasteiger partial charge on any atom is 0.246 e. The number of amides is 1. The van der Waals surface area contributed by atoms with Crippen LogP contribution in [0.1, 0.15) is 25.6 Å². The van der Waals surface area contributed by atoms with Crippen LogP contribution in [0, 0.1) is 0 Å². The lowest BCUT2D eigenvalue weighted by Crippen LogP contribution is -2.26. The van der Waals surface area contributed by atoms with Crippen LogP contribution in [0.25, 0.3) is 11.0 Å². The van der Waals surface area contributed by atoms with Crippen molar-refractivity contribution in [3.8, 4) is 11.5 Å². The second-order valence-electron chi connectivity index (χ2n) is 7.16. The lowest BCUT2D eigenvalue weighted by Gasteiger charge is -2.12. The van der Waals surface area contributed by atoms with Gasteiger partial charge in [-0.3, -0.25) is 4.79 Å². The Hall–Kier alpha value is -3.28. The van der Waals surface area contributed by atoms with E-state index in [0.717, 1.165) is 47.7 Å². The number of hydrogen-bond acceptors (Lipinski definition) is 4. The normalized spacial score (nSPS) is 10.7. The van der Waals surface area contributed by atoms with Crippen molar-refractivity contribution in [1.29, 1.82) is 0 Å². The number of benzene rings is 2. The van der Waals surface area contributed by atoms with Gasteiger partial charge < -0.3 is 19.4 Å². The van der Waals surface area contributed by atoms with Crippen LogP contribution in [0.2, 0.25) is 0 Å². The summed E-state index contributed by atoms with van der Waals surface area (Å²) in [5, 5.41) is 2.88. The van der Waals surface area contributed by atoms with E-state index in [4.69, 9.17) is 14.5 Å². The van der Waals surface area contributed by atoms with E-state index in [2.05, 4.69) is 22.5 Å². The average Bonchev–Trinajstić information content (AvgIpc) is 3.11. The highest BCUT2D eigenvalue weighted by Crippen LogP contribution is 2.26. The molecule has 3 aromatic rings. The molecule has 158 valence electrons. The third-order valence-corrected chi connectivity index (χ3v) is 4.86. The number of unbranched alkanes of at least 4 members (excludes halogenated alkanes) is 1. The molecule has 0 bridgehead atoms. The second-order valence-corrected chi connectivity index (χ2v) is 7.16. The Labute approximate surface area is 177 Å². The summed E-state index contributed by atoms with van der Waals surface area (Å²) < 4.78 is 13.4. The number of carbonyl (C=O) groups excluding carboxylic acids is 1. The minimum atomic E-state index is -0.119. The Morgan fingerprint density at radius 3 is 2.60 bits per heavy atom. The van der Waals surface area contributed by atoms with E-state index in [0.29, 0.717) is 25.1 Å². The van der Waals surface area contributed by atoms with Gasteiger partial charge >= 0.3 is 0 Å². The van der Waals surface area contributed by atoms with E-state index >= 15 is 0 Å². The summed E-state index contributed by atoms with van der Waals surface area (Å²) in [7, 11) is 1.65. The van der Waals surface area contributed by atoms with Gasteiger partial charge in [-0.15, -0.1) is 0 Å². The van der Waals surface area contributed by atoms with Crippen molar-refractivity contribution in [3.05, 3.63) is 66.5 Å². The van der Waals surface area contributed by atoms with E-state index in [-0.39, 0.29) is 5.91 Å². The monoisotopic (exact) mass is 407 g/mol. The fourth-order valence-electron chi connectivity index (χ4n) is 3.30. The van der Waals surface area contributed by atoms with Crippen molar-refractivity contribution in [2.75, 3.05) is 20.3 Å². The largest absolute Gasteiger partial charge is 0.493 e. The molecule has 1 aromatic heterocycles. The molecule has 0 aliphatic rings. The van der Waals surface area contributed by atoms with Crippen LogP contribution in [0.4, 0.5) is 0 Å². The Kier molecular flexibility index (Phi) is 7.49. The molecule has 1 amide bonds. The van der Waals surface area contributed by atoms with Crippen molar-refractivity contribution < 1.29 is 14.3 Å². The molecule has 0 fully saturated rings. The average molecular weight is 408 g/mol. The number of methoxy groups -OCH3 is 1. The second kappa shape index (κ2) is 10.5. The third-order valence-electron chi connectivity index (χ3n) is 4.86. The molecule has 6 heteroatoms. The number of carbonyl (C=O) groups is 1. The molecule has 0 radical (unpaired) electrons. The summed E-state index contributed by atoms with van der Waals surface area (Å²) in [5.74, 6) is 2.37. The van der Waals surface area contributed by atoms with Gasteiger partial charge in [-0.05, 0) is 44.0 Å². The zero-order valence-electron chi connectivity index (χ0n) is 17.7. The van der Waals surface area contributed by atoms with Gasteiger partial charge in [-0.1, -0.05) is 30.8 Å². The minimum Gasteiger partial charge on any atom is -0.493 e. The number of rotatable bonds is 11. The van der Waals surface area contributed by atoms with Crippen molar-refractivity contribution in [3.63, 3.8) is 0 Å². The first kappa shape index (κ1) is 21.4. The molecule has 1 heterocycles. The molecule has 0 saturated carbocycles. The molecular weight excluding hydrogens is 378 g/mol. The molecule has 0 aliphatic carbocycles. The van der Waals surface area contributed by atoms with Gasteiger partial charge in [0.05, 0.1) is 24.8 Å². The summed E-state index contributed by atoms with van der Waals surface area (Å²) in [6.45, 7) is 7.38. The van der Waals surface area contributed by atoms with Gasteiger partial charge in [0.15, 0.2) is 11.5 Å².